The third-order valence-electron chi connectivity index (χ3n) is 5.11. The standard InChI is InChI=1S/C24H24N6O2/c1-14-9-8-12-19-21(14)24(32)30(18-10-6-5-7-11-18)23(29-19)15(2)26-22-20(28-17(4)31)13-25-16(3)27-22/h5-13,15H,1-4H3,(H,28,31)(H,25,26,27)/t15-/m1/s1. The van der Waals surface area contributed by atoms with Crippen molar-refractivity contribution < 1.29 is 4.79 Å². The summed E-state index contributed by atoms with van der Waals surface area (Å²) in [5.74, 6) is 1.31. The fourth-order valence-electron chi connectivity index (χ4n) is 3.66. The van der Waals surface area contributed by atoms with Gasteiger partial charge in [-0.2, -0.15) is 0 Å². The first-order valence-electron chi connectivity index (χ1n) is 10.3. The van der Waals surface area contributed by atoms with Crippen LogP contribution in [0.4, 0.5) is 11.5 Å². The highest BCUT2D eigenvalue weighted by atomic mass is 16.1. The molecule has 0 fully saturated rings. The average molecular weight is 428 g/mol. The fourth-order valence-corrected chi connectivity index (χ4v) is 3.66. The lowest BCUT2D eigenvalue weighted by atomic mass is 10.1. The molecule has 0 aliphatic rings. The third kappa shape index (κ3) is 4.07. The van der Waals surface area contributed by atoms with Gasteiger partial charge in [-0.25, -0.2) is 15.0 Å². The number of aryl methyl sites for hydroxylation is 2. The zero-order valence-electron chi connectivity index (χ0n) is 18.4. The van der Waals surface area contributed by atoms with Crippen LogP contribution in [0.2, 0.25) is 0 Å². The van der Waals surface area contributed by atoms with E-state index in [-0.39, 0.29) is 11.5 Å². The highest BCUT2D eigenvalue weighted by Crippen LogP contribution is 2.25. The van der Waals surface area contributed by atoms with Gasteiger partial charge in [0.05, 0.1) is 28.8 Å². The second-order valence-electron chi connectivity index (χ2n) is 7.64. The molecule has 4 aromatic rings. The first kappa shape index (κ1) is 21.2. The van der Waals surface area contributed by atoms with Crippen LogP contribution >= 0.6 is 0 Å². The Morgan fingerprint density at radius 3 is 2.50 bits per heavy atom. The molecular formula is C24H24N6O2. The Bertz CT molecular complexity index is 1360. The zero-order chi connectivity index (χ0) is 22.8. The molecule has 1 amide bonds. The van der Waals surface area contributed by atoms with Crippen molar-refractivity contribution in [3.8, 4) is 5.69 Å². The molecule has 4 rings (SSSR count). The summed E-state index contributed by atoms with van der Waals surface area (Å²) in [5, 5.41) is 6.63. The van der Waals surface area contributed by atoms with Crippen molar-refractivity contribution >= 4 is 28.3 Å². The number of para-hydroxylation sites is 1. The largest absolute Gasteiger partial charge is 0.359 e. The van der Waals surface area contributed by atoms with Crippen LogP contribution in [-0.2, 0) is 4.79 Å². The summed E-state index contributed by atoms with van der Waals surface area (Å²) in [6.45, 7) is 7.00. The van der Waals surface area contributed by atoms with Crippen LogP contribution < -0.4 is 16.2 Å². The summed E-state index contributed by atoms with van der Waals surface area (Å²) < 4.78 is 1.62. The fraction of sp³-hybridized carbons (Fsp3) is 0.208. The molecule has 0 aliphatic carbocycles. The highest BCUT2D eigenvalue weighted by Gasteiger charge is 2.20. The number of nitrogens with zero attached hydrogens (tertiary/aromatic N) is 4. The average Bonchev–Trinajstić information content (AvgIpc) is 2.75. The van der Waals surface area contributed by atoms with E-state index >= 15 is 0 Å². The SMILES string of the molecule is CC(=O)Nc1cnc(C)nc1N[C@H](C)c1nc2cccc(C)c2c(=O)n1-c1ccccc1. The predicted molar refractivity (Wildman–Crippen MR) is 125 cm³/mol. The number of carbonyl (C=O) groups is 1. The molecule has 0 radical (unpaired) electrons. The van der Waals surface area contributed by atoms with Crippen molar-refractivity contribution in [3.05, 3.63) is 82.3 Å². The number of fused-ring (bicyclic) bond motifs is 1. The summed E-state index contributed by atoms with van der Waals surface area (Å²) in [6, 6.07) is 14.7. The van der Waals surface area contributed by atoms with E-state index in [4.69, 9.17) is 4.98 Å². The van der Waals surface area contributed by atoms with Crippen LogP contribution in [0.1, 0.15) is 37.1 Å². The minimum absolute atomic E-state index is 0.135. The van der Waals surface area contributed by atoms with Gasteiger partial charge in [-0.3, -0.25) is 14.2 Å². The molecule has 0 bridgehead atoms. The van der Waals surface area contributed by atoms with Gasteiger partial charge in [-0.05, 0) is 44.5 Å². The first-order valence-corrected chi connectivity index (χ1v) is 10.3. The monoisotopic (exact) mass is 428 g/mol. The molecular weight excluding hydrogens is 404 g/mol. The van der Waals surface area contributed by atoms with Crippen LogP contribution in [0.25, 0.3) is 16.6 Å². The summed E-state index contributed by atoms with van der Waals surface area (Å²) in [7, 11) is 0. The Morgan fingerprint density at radius 2 is 1.78 bits per heavy atom. The summed E-state index contributed by atoms with van der Waals surface area (Å²) >= 11 is 0. The van der Waals surface area contributed by atoms with Gasteiger partial charge >= 0.3 is 0 Å². The predicted octanol–water partition coefficient (Wildman–Crippen LogP) is 3.92. The van der Waals surface area contributed by atoms with Crippen molar-refractivity contribution in [2.75, 3.05) is 10.6 Å². The Kier molecular flexibility index (Phi) is 5.68. The van der Waals surface area contributed by atoms with Gasteiger partial charge in [0, 0.05) is 6.92 Å². The number of hydrogen-bond acceptors (Lipinski definition) is 6. The normalized spacial score (nSPS) is 11.9. The summed E-state index contributed by atoms with van der Waals surface area (Å²) in [5.41, 5.74) is 2.55. The number of benzene rings is 2. The molecule has 2 heterocycles. The maximum atomic E-state index is 13.6. The zero-order valence-corrected chi connectivity index (χ0v) is 18.4. The van der Waals surface area contributed by atoms with Gasteiger partial charge < -0.3 is 10.6 Å². The Balaban J connectivity index is 1.89. The highest BCUT2D eigenvalue weighted by molar-refractivity contribution is 5.91. The van der Waals surface area contributed by atoms with Gasteiger partial charge in [0.15, 0.2) is 5.82 Å². The van der Waals surface area contributed by atoms with E-state index in [0.717, 1.165) is 11.3 Å². The summed E-state index contributed by atoms with van der Waals surface area (Å²) in [6.07, 6.45) is 1.56. The smallest absolute Gasteiger partial charge is 0.266 e. The van der Waals surface area contributed by atoms with Gasteiger partial charge in [-0.15, -0.1) is 0 Å². The lowest BCUT2D eigenvalue weighted by Crippen LogP contribution is -2.28. The molecule has 1 atom stereocenters. The van der Waals surface area contributed by atoms with Crippen LogP contribution in [0, 0.1) is 13.8 Å². The number of nitrogens with one attached hydrogen (secondary N) is 2. The number of rotatable bonds is 5. The van der Waals surface area contributed by atoms with E-state index in [1.165, 1.54) is 6.92 Å². The molecule has 0 unspecified atom stereocenters. The van der Waals surface area contributed by atoms with E-state index in [1.54, 1.807) is 17.7 Å². The third-order valence-corrected chi connectivity index (χ3v) is 5.11. The molecule has 8 nitrogen and oxygen atoms in total. The number of anilines is 2. The number of carbonyl (C=O) groups excluding carboxylic acids is 1. The van der Waals surface area contributed by atoms with E-state index in [0.29, 0.717) is 34.1 Å². The van der Waals surface area contributed by atoms with E-state index in [9.17, 15) is 9.59 Å². The van der Waals surface area contributed by atoms with Crippen molar-refractivity contribution in [1.82, 2.24) is 19.5 Å². The molecule has 2 N–H and O–H groups in total. The topological polar surface area (TPSA) is 102 Å². The molecule has 0 spiro atoms. The Labute approximate surface area is 185 Å². The molecule has 162 valence electrons. The number of aromatic nitrogens is 4. The van der Waals surface area contributed by atoms with Crippen LogP contribution in [-0.4, -0.2) is 25.4 Å². The van der Waals surface area contributed by atoms with Crippen molar-refractivity contribution in [2.24, 2.45) is 0 Å². The van der Waals surface area contributed by atoms with E-state index < -0.39 is 6.04 Å². The van der Waals surface area contributed by atoms with Crippen molar-refractivity contribution in [3.63, 3.8) is 0 Å². The van der Waals surface area contributed by atoms with Gasteiger partial charge in [-0.1, -0.05) is 30.3 Å². The molecule has 2 aromatic heterocycles. The molecule has 0 aliphatic heterocycles. The minimum atomic E-state index is -0.408. The molecule has 8 heteroatoms. The maximum absolute atomic E-state index is 13.6. The van der Waals surface area contributed by atoms with Gasteiger partial charge in [0.2, 0.25) is 5.91 Å². The molecule has 0 saturated heterocycles. The molecule has 32 heavy (non-hydrogen) atoms. The quantitative estimate of drug-likeness (QED) is 0.499. The van der Waals surface area contributed by atoms with Gasteiger partial charge in [0.1, 0.15) is 17.3 Å². The Morgan fingerprint density at radius 1 is 1.03 bits per heavy atom. The second kappa shape index (κ2) is 8.58. The molecule has 2 aromatic carbocycles. The van der Waals surface area contributed by atoms with Crippen molar-refractivity contribution in [1.29, 1.82) is 0 Å². The lowest BCUT2D eigenvalue weighted by Gasteiger charge is -2.21. The minimum Gasteiger partial charge on any atom is -0.359 e. The maximum Gasteiger partial charge on any atom is 0.266 e. The van der Waals surface area contributed by atoms with E-state index in [1.807, 2.05) is 62.4 Å². The van der Waals surface area contributed by atoms with Crippen LogP contribution in [0.15, 0.2) is 59.5 Å². The lowest BCUT2D eigenvalue weighted by molar-refractivity contribution is -0.114. The Hall–Kier alpha value is -4.07. The van der Waals surface area contributed by atoms with Gasteiger partial charge in [0.25, 0.3) is 5.56 Å². The number of hydrogen-bond donors (Lipinski definition) is 2. The van der Waals surface area contributed by atoms with E-state index in [2.05, 4.69) is 20.6 Å². The molecule has 0 saturated carbocycles. The van der Waals surface area contributed by atoms with Crippen LogP contribution in [0.3, 0.4) is 0 Å². The number of amides is 1. The van der Waals surface area contributed by atoms with Crippen molar-refractivity contribution in [2.45, 2.75) is 33.7 Å². The first-order chi connectivity index (χ1) is 15.3. The second-order valence-corrected chi connectivity index (χ2v) is 7.64. The summed E-state index contributed by atoms with van der Waals surface area (Å²) in [4.78, 5) is 38.7. The van der Waals surface area contributed by atoms with Crippen LogP contribution in [0.5, 0.6) is 0 Å².